The Morgan fingerprint density at radius 2 is 1.81 bits per heavy atom. The van der Waals surface area contributed by atoms with Gasteiger partial charge in [-0.2, -0.15) is 5.10 Å². The Bertz CT molecular complexity index is 963. The van der Waals surface area contributed by atoms with Gasteiger partial charge in [-0.05, 0) is 12.5 Å². The van der Waals surface area contributed by atoms with E-state index in [0.29, 0.717) is 19.1 Å². The summed E-state index contributed by atoms with van der Waals surface area (Å²) in [5.41, 5.74) is 3.22. The van der Waals surface area contributed by atoms with Crippen molar-refractivity contribution in [3.63, 3.8) is 0 Å². The van der Waals surface area contributed by atoms with Gasteiger partial charge in [-0.15, -0.1) is 0 Å². The number of aryl methyl sites for hydroxylation is 1. The second-order valence-corrected chi connectivity index (χ2v) is 8.19. The van der Waals surface area contributed by atoms with E-state index >= 15 is 0 Å². The van der Waals surface area contributed by atoms with Crippen LogP contribution in [0.5, 0.6) is 0 Å². The van der Waals surface area contributed by atoms with Crippen LogP contribution in [0.2, 0.25) is 0 Å². The van der Waals surface area contributed by atoms with Crippen molar-refractivity contribution in [1.29, 1.82) is 0 Å². The van der Waals surface area contributed by atoms with Gasteiger partial charge in [-0.3, -0.25) is 10.2 Å². The van der Waals surface area contributed by atoms with E-state index in [1.165, 1.54) is 5.56 Å². The molecule has 7 heteroatoms. The van der Waals surface area contributed by atoms with Crippen molar-refractivity contribution in [3.05, 3.63) is 72.3 Å². The summed E-state index contributed by atoms with van der Waals surface area (Å²) in [6.45, 7) is 6.12. The summed E-state index contributed by atoms with van der Waals surface area (Å²) in [5, 5.41) is 22.2. The fraction of sp³-hybridized carbons (Fsp3) is 0.400. The third-order valence-corrected chi connectivity index (χ3v) is 6.04. The largest absolute Gasteiger partial charge is 0.383 e. The third-order valence-electron chi connectivity index (χ3n) is 6.04. The fourth-order valence-electron chi connectivity index (χ4n) is 4.40. The maximum absolute atomic E-state index is 10.9. The molecule has 2 heterocycles. The van der Waals surface area contributed by atoms with Crippen LogP contribution in [0.4, 0.5) is 5.82 Å². The molecule has 7 nitrogen and oxygen atoms in total. The molecule has 0 radical (unpaired) electrons. The summed E-state index contributed by atoms with van der Waals surface area (Å²) < 4.78 is 7.15. The van der Waals surface area contributed by atoms with Gasteiger partial charge in [-0.1, -0.05) is 60.7 Å². The molecule has 0 bridgehead atoms. The number of nitrogens with zero attached hydrogens (tertiary/aromatic N) is 3. The number of aliphatic hydroxyl groups is 1. The number of aromatic nitrogens is 2. The summed E-state index contributed by atoms with van der Waals surface area (Å²) >= 11 is 0. The molecule has 2 aromatic carbocycles. The highest BCUT2D eigenvalue weighted by molar-refractivity contribution is 5.63. The Kier molecular flexibility index (Phi) is 7.55. The number of methoxy groups -OCH3 is 1. The minimum absolute atomic E-state index is 0.114. The minimum atomic E-state index is -0.890. The zero-order valence-corrected chi connectivity index (χ0v) is 18.8. The lowest BCUT2D eigenvalue weighted by molar-refractivity contribution is 0.139. The van der Waals surface area contributed by atoms with Crippen molar-refractivity contribution in [3.8, 4) is 11.3 Å². The molecule has 1 aliphatic rings. The number of benzene rings is 2. The molecule has 3 atom stereocenters. The van der Waals surface area contributed by atoms with E-state index in [1.54, 1.807) is 7.11 Å². The monoisotopic (exact) mass is 435 g/mol. The van der Waals surface area contributed by atoms with Crippen molar-refractivity contribution in [2.75, 3.05) is 38.7 Å². The molecule has 3 N–H and O–H groups in total. The van der Waals surface area contributed by atoms with Gasteiger partial charge < -0.3 is 15.2 Å². The predicted molar refractivity (Wildman–Crippen MR) is 127 cm³/mol. The Morgan fingerprint density at radius 1 is 1.09 bits per heavy atom. The van der Waals surface area contributed by atoms with Gasteiger partial charge in [0, 0.05) is 56.9 Å². The molecule has 170 valence electrons. The van der Waals surface area contributed by atoms with Crippen LogP contribution < -0.4 is 10.6 Å². The smallest absolute Gasteiger partial charge is 0.182 e. The normalized spacial score (nSPS) is 19.8. The number of nitrogens with one attached hydrogen (secondary N) is 2. The summed E-state index contributed by atoms with van der Waals surface area (Å²) in [5.74, 6) is 1.08. The van der Waals surface area contributed by atoms with E-state index in [4.69, 9.17) is 4.74 Å². The first-order valence-corrected chi connectivity index (χ1v) is 11.3. The van der Waals surface area contributed by atoms with Gasteiger partial charge >= 0.3 is 0 Å². The number of aliphatic hydroxyl groups excluding tert-OH is 1. The third kappa shape index (κ3) is 5.37. The van der Waals surface area contributed by atoms with Gasteiger partial charge in [0.25, 0.3) is 0 Å². The molecule has 0 spiro atoms. The molecule has 1 saturated heterocycles. The minimum Gasteiger partial charge on any atom is -0.383 e. The van der Waals surface area contributed by atoms with E-state index in [0.717, 1.165) is 36.7 Å². The average Bonchev–Trinajstić information content (AvgIpc) is 3.42. The van der Waals surface area contributed by atoms with Crippen molar-refractivity contribution < 1.29 is 9.84 Å². The molecule has 0 saturated carbocycles. The van der Waals surface area contributed by atoms with E-state index in [-0.39, 0.29) is 6.04 Å². The number of ether oxygens (including phenoxy) is 1. The predicted octanol–water partition coefficient (Wildman–Crippen LogP) is 2.96. The molecule has 2 unspecified atom stereocenters. The Hall–Kier alpha value is -2.71. The van der Waals surface area contributed by atoms with E-state index in [1.807, 2.05) is 54.1 Å². The Balaban J connectivity index is 1.46. The second-order valence-electron chi connectivity index (χ2n) is 8.19. The van der Waals surface area contributed by atoms with Crippen LogP contribution in [-0.2, 0) is 11.3 Å². The molecule has 32 heavy (non-hydrogen) atoms. The molecule has 0 aliphatic carbocycles. The molecule has 1 aliphatic heterocycles. The van der Waals surface area contributed by atoms with Crippen molar-refractivity contribution in [2.45, 2.75) is 31.8 Å². The second kappa shape index (κ2) is 10.7. The first-order chi connectivity index (χ1) is 15.7. The van der Waals surface area contributed by atoms with Crippen LogP contribution in [0.3, 0.4) is 0 Å². The lowest BCUT2D eigenvalue weighted by atomic mass is 9.94. The standard InChI is InChI=1S/C25H33N5O2/c1-3-30-24(16-22(28-30)20-12-8-5-9-13-20)27-25(31)26-23-18-29(14-15-32-2)17-21(23)19-10-6-4-7-11-19/h4-13,16,21,23,25-27,31H,3,14-15,17-18H2,1-2H3/t21?,23-,25?/m1/s1. The zero-order valence-electron chi connectivity index (χ0n) is 18.8. The zero-order chi connectivity index (χ0) is 22.3. The van der Waals surface area contributed by atoms with Gasteiger partial charge in [0.2, 0.25) is 0 Å². The number of likely N-dealkylation sites (tertiary alicyclic amines) is 1. The van der Waals surface area contributed by atoms with Crippen molar-refractivity contribution in [2.24, 2.45) is 0 Å². The van der Waals surface area contributed by atoms with Crippen molar-refractivity contribution >= 4 is 5.82 Å². The number of hydrogen-bond donors (Lipinski definition) is 3. The van der Waals surface area contributed by atoms with Crippen LogP contribution in [0.1, 0.15) is 18.4 Å². The SMILES string of the molecule is CCn1nc(-c2ccccc2)cc1NC(O)N[C@@H]1CN(CCOC)CC1c1ccccc1. The fourth-order valence-corrected chi connectivity index (χ4v) is 4.40. The molecule has 3 aromatic rings. The summed E-state index contributed by atoms with van der Waals surface area (Å²) in [4.78, 5) is 2.38. The summed E-state index contributed by atoms with van der Waals surface area (Å²) in [6, 6.07) is 22.7. The quantitative estimate of drug-likeness (QED) is 0.425. The number of rotatable bonds is 10. The molecule has 0 amide bonds. The average molecular weight is 436 g/mol. The van der Waals surface area contributed by atoms with E-state index in [2.05, 4.69) is 44.9 Å². The van der Waals surface area contributed by atoms with Crippen LogP contribution in [0.15, 0.2) is 66.7 Å². The lowest BCUT2D eigenvalue weighted by Crippen LogP contribution is -2.46. The molecule has 4 rings (SSSR count). The van der Waals surface area contributed by atoms with Crippen molar-refractivity contribution in [1.82, 2.24) is 20.0 Å². The molecule has 1 fully saturated rings. The first-order valence-electron chi connectivity index (χ1n) is 11.3. The van der Waals surface area contributed by atoms with Gasteiger partial charge in [0.1, 0.15) is 5.82 Å². The van der Waals surface area contributed by atoms with E-state index < -0.39 is 6.35 Å². The van der Waals surface area contributed by atoms with Crippen LogP contribution >= 0.6 is 0 Å². The maximum atomic E-state index is 10.9. The molecular weight excluding hydrogens is 402 g/mol. The summed E-state index contributed by atoms with van der Waals surface area (Å²) in [7, 11) is 1.73. The molecule has 1 aromatic heterocycles. The molecular formula is C25H33N5O2. The highest BCUT2D eigenvalue weighted by atomic mass is 16.5. The lowest BCUT2D eigenvalue weighted by Gasteiger charge is -2.25. The topological polar surface area (TPSA) is 74.6 Å². The van der Waals surface area contributed by atoms with Crippen LogP contribution in [0.25, 0.3) is 11.3 Å². The highest BCUT2D eigenvalue weighted by Gasteiger charge is 2.34. The first kappa shape index (κ1) is 22.5. The van der Waals surface area contributed by atoms with Crippen LogP contribution in [-0.4, -0.2) is 65.5 Å². The number of anilines is 1. The van der Waals surface area contributed by atoms with E-state index in [9.17, 15) is 5.11 Å². The Labute approximate surface area is 190 Å². The number of hydrogen-bond acceptors (Lipinski definition) is 6. The Morgan fingerprint density at radius 3 is 2.50 bits per heavy atom. The van der Waals surface area contributed by atoms with Gasteiger partial charge in [0.05, 0.1) is 12.3 Å². The van der Waals surface area contributed by atoms with Crippen LogP contribution in [0, 0.1) is 0 Å². The highest BCUT2D eigenvalue weighted by Crippen LogP contribution is 2.28. The van der Waals surface area contributed by atoms with Gasteiger partial charge in [0.15, 0.2) is 6.35 Å². The maximum Gasteiger partial charge on any atom is 0.182 e. The summed E-state index contributed by atoms with van der Waals surface area (Å²) in [6.07, 6.45) is -0.890. The van der Waals surface area contributed by atoms with Gasteiger partial charge in [-0.25, -0.2) is 4.68 Å².